The molecule has 49 heavy (non-hydrogen) atoms. The number of allylic oxidation sites excluding steroid dienone is 4. The van der Waals surface area contributed by atoms with Crippen LogP contribution < -0.4 is 0 Å². The maximum atomic E-state index is 14.7. The number of Topliss-reactive ketones (excluding diaryl/α,β-unsaturated/α-hetero) is 1. The predicted octanol–water partition coefficient (Wildman–Crippen LogP) is 8.24. The van der Waals surface area contributed by atoms with E-state index in [2.05, 4.69) is 26.0 Å². The maximum Gasteiger partial charge on any atom is 0.416 e. The third kappa shape index (κ3) is 5.09. The van der Waals surface area contributed by atoms with Gasteiger partial charge < -0.3 is 19.8 Å². The Kier molecular flexibility index (Phi) is 8.31. The summed E-state index contributed by atoms with van der Waals surface area (Å²) in [6.07, 6.45) is 5.59. The van der Waals surface area contributed by atoms with Crippen molar-refractivity contribution >= 4 is 23.2 Å². The number of hydrogen-bond acceptors (Lipinski definition) is 6. The van der Waals surface area contributed by atoms with Crippen molar-refractivity contribution in [1.82, 2.24) is 4.90 Å². The molecule has 2 spiro atoms. The van der Waals surface area contributed by atoms with Gasteiger partial charge in [-0.15, -0.1) is 11.3 Å². The number of rotatable bonds is 8. The Morgan fingerprint density at radius 3 is 2.47 bits per heavy atom. The number of aliphatic hydroxyl groups excluding tert-OH is 1. The third-order valence-corrected chi connectivity index (χ3v) is 14.5. The highest BCUT2D eigenvalue weighted by Crippen LogP contribution is 2.78. The number of carbonyl (C=O) groups excluding carboxylic acids is 2. The largest absolute Gasteiger partial charge is 0.450 e. The second-order valence-electron chi connectivity index (χ2n) is 15.7. The van der Waals surface area contributed by atoms with Crippen molar-refractivity contribution < 1.29 is 37.7 Å². The summed E-state index contributed by atoms with van der Waals surface area (Å²) in [4.78, 5) is 30.8. The van der Waals surface area contributed by atoms with Crippen molar-refractivity contribution in [3.63, 3.8) is 0 Å². The molecule has 264 valence electrons. The van der Waals surface area contributed by atoms with Gasteiger partial charge in [0, 0.05) is 38.8 Å². The fraction of sp³-hybridized carbons (Fsp3) is 0.590. The zero-order valence-electron chi connectivity index (χ0n) is 28.4. The molecule has 1 heterocycles. The molecule has 2 N–H and O–H groups in total. The Morgan fingerprint density at radius 1 is 1.02 bits per heavy atom. The minimum Gasteiger partial charge on any atom is -0.450 e. The average Bonchev–Trinajstić information content (AvgIpc) is 3.68. The van der Waals surface area contributed by atoms with E-state index in [-0.39, 0.29) is 36.0 Å². The number of nitrogens with zero attached hydrogens (tertiary/aromatic N) is 1. The highest BCUT2D eigenvalue weighted by molar-refractivity contribution is 7.09. The van der Waals surface area contributed by atoms with Crippen LogP contribution in [-0.4, -0.2) is 58.4 Å². The zero-order chi connectivity index (χ0) is 35.0. The Balaban J connectivity index is 1.30. The van der Waals surface area contributed by atoms with Crippen LogP contribution in [0.4, 0.5) is 18.0 Å². The van der Waals surface area contributed by atoms with Crippen LogP contribution in [-0.2, 0) is 17.3 Å². The molecule has 1 aromatic carbocycles. The number of alkyl halides is 3. The first-order chi connectivity index (χ1) is 23.1. The quantitative estimate of drug-likeness (QED) is 0.214. The van der Waals surface area contributed by atoms with Crippen molar-refractivity contribution in [2.75, 3.05) is 19.7 Å². The summed E-state index contributed by atoms with van der Waals surface area (Å²) in [6, 6.07) is 8.67. The summed E-state index contributed by atoms with van der Waals surface area (Å²) in [5.41, 5.74) is -4.09. The van der Waals surface area contributed by atoms with Crippen LogP contribution in [0, 0.1) is 33.5 Å². The van der Waals surface area contributed by atoms with Gasteiger partial charge in [-0.05, 0) is 99.1 Å². The van der Waals surface area contributed by atoms with E-state index < -0.39 is 51.6 Å². The lowest BCUT2D eigenvalue weighted by molar-refractivity contribution is -0.175. The average molecular weight is 698 g/mol. The van der Waals surface area contributed by atoms with Gasteiger partial charge in [0.05, 0.1) is 30.4 Å². The molecule has 8 rings (SSSR count). The molecule has 1 amide bonds. The lowest BCUT2D eigenvalue weighted by Gasteiger charge is -2.71. The molecule has 0 aliphatic heterocycles. The van der Waals surface area contributed by atoms with E-state index in [0.717, 1.165) is 23.4 Å². The Bertz CT molecular complexity index is 1690. The van der Waals surface area contributed by atoms with E-state index in [4.69, 9.17) is 4.74 Å². The van der Waals surface area contributed by atoms with Gasteiger partial charge in [-0.1, -0.05) is 50.3 Å². The molecule has 6 nitrogen and oxygen atoms in total. The van der Waals surface area contributed by atoms with Crippen LogP contribution in [0.3, 0.4) is 0 Å². The van der Waals surface area contributed by atoms with E-state index in [0.29, 0.717) is 57.1 Å². The summed E-state index contributed by atoms with van der Waals surface area (Å²) in [7, 11) is 0. The topological polar surface area (TPSA) is 87.1 Å². The van der Waals surface area contributed by atoms with Gasteiger partial charge in [-0.25, -0.2) is 4.79 Å². The summed E-state index contributed by atoms with van der Waals surface area (Å²) < 4.78 is 47.0. The van der Waals surface area contributed by atoms with Crippen LogP contribution in [0.1, 0.15) is 86.5 Å². The van der Waals surface area contributed by atoms with E-state index in [1.807, 2.05) is 23.6 Å². The molecule has 8 atom stereocenters. The predicted molar refractivity (Wildman–Crippen MR) is 181 cm³/mol. The van der Waals surface area contributed by atoms with Crippen LogP contribution in [0.2, 0.25) is 0 Å². The lowest BCUT2D eigenvalue weighted by atomic mass is 9.32. The Labute approximate surface area is 290 Å². The number of hydrogen-bond donors (Lipinski definition) is 2. The molecule has 10 heteroatoms. The van der Waals surface area contributed by atoms with Crippen LogP contribution >= 0.6 is 11.3 Å². The smallest absolute Gasteiger partial charge is 0.416 e. The monoisotopic (exact) mass is 697 g/mol. The van der Waals surface area contributed by atoms with Crippen LogP contribution in [0.5, 0.6) is 0 Å². The van der Waals surface area contributed by atoms with Crippen molar-refractivity contribution in [2.45, 2.75) is 90.0 Å². The summed E-state index contributed by atoms with van der Waals surface area (Å²) in [6.45, 7) is 6.79. The molecule has 0 saturated heterocycles. The molecule has 3 fully saturated rings. The van der Waals surface area contributed by atoms with E-state index >= 15 is 0 Å². The highest BCUT2D eigenvalue weighted by Gasteiger charge is 2.74. The van der Waals surface area contributed by atoms with Gasteiger partial charge in [0.2, 0.25) is 0 Å². The Morgan fingerprint density at radius 2 is 1.76 bits per heavy atom. The van der Waals surface area contributed by atoms with Crippen molar-refractivity contribution in [3.05, 3.63) is 81.6 Å². The van der Waals surface area contributed by atoms with Crippen molar-refractivity contribution in [2.24, 2.45) is 33.5 Å². The minimum atomic E-state index is -4.60. The number of ketones is 1. The number of ether oxygens (including phenoxy) is 1. The maximum absolute atomic E-state index is 14.7. The standard InChI is InChI=1S/C39H46F3NO5S/c1-4-48-33(46)43(19-13-28-9-6-20-49-28)24-37(47)16-12-31-35(37,3)15-11-30-34(2)14-10-27(44)22-36(34)17-18-38(30,31)29(23-36)32(45)25-7-5-8-26(21-25)39(40,41)42/h5-9,17-18,20-21,23,27,30-31,44,47H,4,10-16,19,22,24H2,1-3H3. The SMILES string of the molecule is CCOC(=O)N(CCc1cccs1)CC1(O)CCC2C34C=CC5(C=C3C(=O)c3cccc(C(F)(F)F)c3)CC(O)CCC5(C)C4CCC21C. The van der Waals surface area contributed by atoms with E-state index in [1.165, 1.54) is 12.1 Å². The fourth-order valence-corrected chi connectivity index (χ4v) is 11.8. The number of aliphatic hydroxyl groups is 2. The van der Waals surface area contributed by atoms with Gasteiger partial charge in [-0.2, -0.15) is 13.2 Å². The molecule has 6 aliphatic carbocycles. The van der Waals surface area contributed by atoms with Crippen molar-refractivity contribution in [3.8, 4) is 0 Å². The molecule has 2 bridgehead atoms. The summed E-state index contributed by atoms with van der Waals surface area (Å²) in [5.74, 6) is -0.636. The second-order valence-corrected chi connectivity index (χ2v) is 16.7. The molecule has 0 radical (unpaired) electrons. The number of halogens is 3. The Hall–Kier alpha value is -2.95. The minimum absolute atomic E-state index is 0.00679. The highest BCUT2D eigenvalue weighted by atomic mass is 32.1. The third-order valence-electron chi connectivity index (χ3n) is 13.6. The van der Waals surface area contributed by atoms with Gasteiger partial charge in [-0.3, -0.25) is 4.79 Å². The van der Waals surface area contributed by atoms with Gasteiger partial charge >= 0.3 is 12.3 Å². The molecule has 8 unspecified atom stereocenters. The normalized spacial score (nSPS) is 37.6. The second kappa shape index (κ2) is 11.8. The molecule has 1 aromatic heterocycles. The molecule has 2 aromatic rings. The number of amides is 1. The van der Waals surface area contributed by atoms with E-state index in [1.54, 1.807) is 23.2 Å². The van der Waals surface area contributed by atoms with Gasteiger partial charge in [0.1, 0.15) is 0 Å². The summed E-state index contributed by atoms with van der Waals surface area (Å²) >= 11 is 1.61. The summed E-state index contributed by atoms with van der Waals surface area (Å²) in [5, 5.41) is 25.7. The lowest BCUT2D eigenvalue weighted by Crippen LogP contribution is -2.67. The number of fused-ring (bicyclic) bond motifs is 1. The van der Waals surface area contributed by atoms with Crippen molar-refractivity contribution in [1.29, 1.82) is 0 Å². The number of benzene rings is 1. The molecular formula is C39H46F3NO5S. The number of thiophene rings is 1. The fourth-order valence-electron chi connectivity index (χ4n) is 11.1. The van der Waals surface area contributed by atoms with Gasteiger partial charge in [0.25, 0.3) is 0 Å². The van der Waals surface area contributed by atoms with Crippen LogP contribution in [0.15, 0.2) is 65.6 Å². The first-order valence-corrected chi connectivity index (χ1v) is 18.5. The molecule has 3 saturated carbocycles. The molecular weight excluding hydrogens is 651 g/mol. The number of carbonyl (C=O) groups is 2. The van der Waals surface area contributed by atoms with Gasteiger partial charge in [0.15, 0.2) is 5.78 Å². The van der Waals surface area contributed by atoms with Crippen LogP contribution in [0.25, 0.3) is 0 Å². The first-order valence-electron chi connectivity index (χ1n) is 17.6. The molecule has 6 aliphatic rings. The zero-order valence-corrected chi connectivity index (χ0v) is 29.2. The van der Waals surface area contributed by atoms with E-state index in [9.17, 15) is 33.0 Å². The first kappa shape index (κ1) is 34.5.